The largest absolute Gasteiger partial charge is 0.359 e. The van der Waals surface area contributed by atoms with Crippen molar-refractivity contribution in [2.45, 2.75) is 58.0 Å². The van der Waals surface area contributed by atoms with Gasteiger partial charge < -0.3 is 15.2 Å². The molecule has 2 atom stereocenters. The molecule has 3 rings (SSSR count). The summed E-state index contributed by atoms with van der Waals surface area (Å²) in [7, 11) is 4.06. The molecule has 3 heterocycles. The Morgan fingerprint density at radius 3 is 2.90 bits per heavy atom. The maximum atomic E-state index is 5.52. The van der Waals surface area contributed by atoms with Crippen molar-refractivity contribution in [3.05, 3.63) is 39.9 Å². The van der Waals surface area contributed by atoms with Crippen molar-refractivity contribution in [3.8, 4) is 0 Å². The molecule has 0 radical (unpaired) electrons. The smallest absolute Gasteiger partial charge is 0.191 e. The van der Waals surface area contributed by atoms with Gasteiger partial charge >= 0.3 is 0 Å². The van der Waals surface area contributed by atoms with Crippen molar-refractivity contribution in [2.24, 2.45) is 10.9 Å². The first-order valence-corrected chi connectivity index (χ1v) is 11.7. The molecule has 1 saturated heterocycles. The Hall–Kier alpha value is -1.86. The van der Waals surface area contributed by atoms with E-state index in [1.165, 1.54) is 17.7 Å². The van der Waals surface area contributed by atoms with Crippen LogP contribution in [0.15, 0.2) is 33.1 Å². The maximum Gasteiger partial charge on any atom is 0.191 e. The minimum atomic E-state index is 0.474. The number of guanidine groups is 1. The number of likely N-dealkylation sites (tertiary alicyclic amines) is 1. The van der Waals surface area contributed by atoms with Crippen LogP contribution in [0.5, 0.6) is 0 Å². The highest BCUT2D eigenvalue weighted by atomic mass is 32.1. The summed E-state index contributed by atoms with van der Waals surface area (Å²) < 4.78 is 5.52. The van der Waals surface area contributed by atoms with E-state index in [1.54, 1.807) is 0 Å². The number of hydrogen-bond donors (Lipinski definition) is 2. The molecule has 6 nitrogen and oxygen atoms in total. The number of piperidine rings is 1. The zero-order valence-corrected chi connectivity index (χ0v) is 19.0. The minimum absolute atomic E-state index is 0.474. The van der Waals surface area contributed by atoms with Crippen LogP contribution in [0.25, 0.3) is 0 Å². The fraction of sp³-hybridized carbons (Fsp3) is 0.636. The lowest BCUT2D eigenvalue weighted by molar-refractivity contribution is 0.125. The summed E-state index contributed by atoms with van der Waals surface area (Å²) in [6.07, 6.45) is 4.64. The molecule has 7 heteroatoms. The molecule has 1 aliphatic heterocycles. The summed E-state index contributed by atoms with van der Waals surface area (Å²) >= 11 is 1.86. The average Bonchev–Trinajstić information content (AvgIpc) is 3.42. The third kappa shape index (κ3) is 5.60. The number of rotatable bonds is 8. The van der Waals surface area contributed by atoms with Gasteiger partial charge in [-0.15, -0.1) is 11.3 Å². The Kier molecular flexibility index (Phi) is 8.12. The second-order valence-corrected chi connectivity index (χ2v) is 8.86. The highest BCUT2D eigenvalue weighted by Gasteiger charge is 2.31. The fourth-order valence-corrected chi connectivity index (χ4v) is 5.30. The standard InChI is InChI=1S/C22H35N5OS/c1-5-16(6-2)19-13-18(28-26-19)15-25-22(23-3)24-14-17-9-7-11-27(4)21(17)20-10-8-12-29-20/h8,10,12-13,16-17,21H,5-7,9,11,14-15H2,1-4H3,(H2,23,24,25). The van der Waals surface area contributed by atoms with E-state index < -0.39 is 0 Å². The van der Waals surface area contributed by atoms with Gasteiger partial charge in [0.15, 0.2) is 11.7 Å². The van der Waals surface area contributed by atoms with E-state index in [-0.39, 0.29) is 0 Å². The zero-order chi connectivity index (χ0) is 20.6. The van der Waals surface area contributed by atoms with Gasteiger partial charge in [0.2, 0.25) is 0 Å². The van der Waals surface area contributed by atoms with Gasteiger partial charge in [-0.05, 0) is 56.6 Å². The number of aliphatic imine (C=N–C) groups is 1. The third-order valence-corrected chi connectivity index (χ3v) is 6.95. The van der Waals surface area contributed by atoms with Crippen molar-refractivity contribution >= 4 is 17.3 Å². The summed E-state index contributed by atoms with van der Waals surface area (Å²) in [5.41, 5.74) is 1.05. The quantitative estimate of drug-likeness (QED) is 0.493. The first kappa shape index (κ1) is 21.8. The molecule has 29 heavy (non-hydrogen) atoms. The van der Waals surface area contributed by atoms with Crippen LogP contribution in [0.2, 0.25) is 0 Å². The topological polar surface area (TPSA) is 65.7 Å². The number of thiophene rings is 1. The Morgan fingerprint density at radius 2 is 2.21 bits per heavy atom. The van der Waals surface area contributed by atoms with E-state index in [0.717, 1.165) is 43.3 Å². The molecule has 2 unspecified atom stereocenters. The number of nitrogens with one attached hydrogen (secondary N) is 2. The van der Waals surface area contributed by atoms with Gasteiger partial charge in [0.1, 0.15) is 0 Å². The van der Waals surface area contributed by atoms with Crippen LogP contribution in [0, 0.1) is 5.92 Å². The molecule has 0 amide bonds. The van der Waals surface area contributed by atoms with Gasteiger partial charge in [0.05, 0.1) is 12.2 Å². The van der Waals surface area contributed by atoms with Gasteiger partial charge in [-0.3, -0.25) is 9.89 Å². The highest BCUT2D eigenvalue weighted by Crippen LogP contribution is 2.36. The summed E-state index contributed by atoms with van der Waals surface area (Å²) in [4.78, 5) is 8.34. The monoisotopic (exact) mass is 417 g/mol. The summed E-state index contributed by atoms with van der Waals surface area (Å²) in [5.74, 6) is 2.70. The SMILES string of the molecule is CCC(CC)c1cc(CNC(=NC)NCC2CCCN(C)C2c2cccs2)on1. The lowest BCUT2D eigenvalue weighted by atomic mass is 9.88. The second kappa shape index (κ2) is 10.8. The van der Waals surface area contributed by atoms with Crippen molar-refractivity contribution < 1.29 is 4.52 Å². The maximum absolute atomic E-state index is 5.52. The first-order chi connectivity index (χ1) is 14.2. The van der Waals surface area contributed by atoms with Crippen molar-refractivity contribution in [3.63, 3.8) is 0 Å². The van der Waals surface area contributed by atoms with Crippen LogP contribution in [-0.4, -0.2) is 43.2 Å². The summed E-state index contributed by atoms with van der Waals surface area (Å²) in [6.45, 7) is 7.04. The molecule has 2 aromatic rings. The lowest BCUT2D eigenvalue weighted by Crippen LogP contribution is -2.44. The lowest BCUT2D eigenvalue weighted by Gasteiger charge is -2.39. The van der Waals surface area contributed by atoms with Crippen molar-refractivity contribution in [1.29, 1.82) is 0 Å². The van der Waals surface area contributed by atoms with Crippen LogP contribution >= 0.6 is 11.3 Å². The molecule has 2 N–H and O–H groups in total. The molecular weight excluding hydrogens is 382 g/mol. The number of nitrogens with zero attached hydrogens (tertiary/aromatic N) is 3. The molecule has 0 bridgehead atoms. The van der Waals surface area contributed by atoms with Crippen LogP contribution in [-0.2, 0) is 6.54 Å². The third-order valence-electron chi connectivity index (χ3n) is 6.01. The van der Waals surface area contributed by atoms with Gasteiger partial charge in [0.25, 0.3) is 0 Å². The van der Waals surface area contributed by atoms with Gasteiger partial charge in [-0.2, -0.15) is 0 Å². The van der Waals surface area contributed by atoms with E-state index in [1.807, 2.05) is 18.4 Å². The fourth-order valence-electron chi connectivity index (χ4n) is 4.31. The van der Waals surface area contributed by atoms with Crippen LogP contribution in [0.3, 0.4) is 0 Å². The highest BCUT2D eigenvalue weighted by molar-refractivity contribution is 7.10. The minimum Gasteiger partial charge on any atom is -0.359 e. The van der Waals surface area contributed by atoms with Gasteiger partial charge in [-0.25, -0.2) is 0 Å². The number of hydrogen-bond acceptors (Lipinski definition) is 5. The van der Waals surface area contributed by atoms with E-state index in [9.17, 15) is 0 Å². The predicted molar refractivity (Wildman–Crippen MR) is 120 cm³/mol. The summed E-state index contributed by atoms with van der Waals surface area (Å²) in [6, 6.07) is 6.96. The van der Waals surface area contributed by atoms with Crippen LogP contribution in [0.4, 0.5) is 0 Å². The average molecular weight is 418 g/mol. The van der Waals surface area contributed by atoms with E-state index >= 15 is 0 Å². The predicted octanol–water partition coefficient (Wildman–Crippen LogP) is 4.39. The molecule has 0 saturated carbocycles. The normalized spacial score (nSPS) is 20.9. The van der Waals surface area contributed by atoms with E-state index in [4.69, 9.17) is 4.52 Å². The molecule has 1 fully saturated rings. The first-order valence-electron chi connectivity index (χ1n) is 10.8. The van der Waals surface area contributed by atoms with Gasteiger partial charge in [-0.1, -0.05) is 25.1 Å². The van der Waals surface area contributed by atoms with Crippen LogP contribution < -0.4 is 10.6 Å². The van der Waals surface area contributed by atoms with Gasteiger partial charge in [0, 0.05) is 36.5 Å². The molecule has 160 valence electrons. The Balaban J connectivity index is 1.53. The summed E-state index contributed by atoms with van der Waals surface area (Å²) in [5, 5.41) is 13.3. The molecule has 0 aromatic carbocycles. The molecular formula is C22H35N5OS. The molecule has 2 aromatic heterocycles. The zero-order valence-electron chi connectivity index (χ0n) is 18.1. The number of aromatic nitrogens is 1. The van der Waals surface area contributed by atoms with Crippen molar-refractivity contribution in [1.82, 2.24) is 20.7 Å². The van der Waals surface area contributed by atoms with Crippen molar-refractivity contribution in [2.75, 3.05) is 27.2 Å². The molecule has 1 aliphatic rings. The second-order valence-electron chi connectivity index (χ2n) is 7.88. The molecule has 0 aliphatic carbocycles. The Bertz CT molecular complexity index is 753. The van der Waals surface area contributed by atoms with Crippen LogP contribution in [0.1, 0.15) is 67.8 Å². The molecule has 0 spiro atoms. The Morgan fingerprint density at radius 1 is 1.38 bits per heavy atom. The van der Waals surface area contributed by atoms with E-state index in [2.05, 4.69) is 70.2 Å². The van der Waals surface area contributed by atoms with E-state index in [0.29, 0.717) is 24.4 Å². The Labute approximate surface area is 178 Å².